The number of quaternary nitrogens is 1. The van der Waals surface area contributed by atoms with Crippen LogP contribution in [0, 0.1) is 0 Å². The van der Waals surface area contributed by atoms with E-state index in [-0.39, 0.29) is 38.2 Å². The van der Waals surface area contributed by atoms with Gasteiger partial charge in [0.1, 0.15) is 13.2 Å². The maximum Gasteiger partial charge on any atom is 0.361 e. The fourth-order valence-corrected chi connectivity index (χ4v) is 13.5. The van der Waals surface area contributed by atoms with Gasteiger partial charge in [0.25, 0.3) is 6.29 Å². The summed E-state index contributed by atoms with van der Waals surface area (Å²) in [5.41, 5.74) is 0. The van der Waals surface area contributed by atoms with Gasteiger partial charge in [-0.2, -0.15) is 0 Å². The van der Waals surface area contributed by atoms with Gasteiger partial charge >= 0.3 is 17.9 Å². The minimum Gasteiger partial charge on any atom is -0.477 e. The number of carbonyl (C=O) groups excluding carboxylic acids is 2. The molecule has 0 radical (unpaired) electrons. The van der Waals surface area contributed by atoms with Crippen molar-refractivity contribution in [3.8, 4) is 0 Å². The molecule has 0 aromatic carbocycles. The Balaban J connectivity index is 3.90. The molecule has 0 aliphatic heterocycles. The van der Waals surface area contributed by atoms with E-state index in [2.05, 4.69) is 74.6 Å². The Morgan fingerprint density at radius 3 is 0.851 bits per heavy atom. The third-order valence-corrected chi connectivity index (χ3v) is 20.3. The Morgan fingerprint density at radius 1 is 0.307 bits per heavy atom. The summed E-state index contributed by atoms with van der Waals surface area (Å²) in [6.45, 7) is 4.85. The molecule has 2 unspecified atom stereocenters. The molecule has 101 heavy (non-hydrogen) atoms. The highest BCUT2D eigenvalue weighted by molar-refractivity contribution is 5.71. The Labute approximate surface area is 628 Å². The van der Waals surface area contributed by atoms with E-state index in [0.29, 0.717) is 17.4 Å². The van der Waals surface area contributed by atoms with Crippen LogP contribution in [0.5, 0.6) is 0 Å². The largest absolute Gasteiger partial charge is 0.477 e. The summed E-state index contributed by atoms with van der Waals surface area (Å²) in [4.78, 5) is 37.8. The molecule has 0 amide bonds. The first-order chi connectivity index (χ1) is 49.6. The number of rotatable bonds is 84. The Kier molecular flexibility index (Phi) is 80.2. The number of allylic oxidation sites excluding steroid dienone is 10. The van der Waals surface area contributed by atoms with Gasteiger partial charge in [-0.1, -0.05) is 421 Å². The highest BCUT2D eigenvalue weighted by atomic mass is 16.7. The zero-order valence-electron chi connectivity index (χ0n) is 68.1. The summed E-state index contributed by atoms with van der Waals surface area (Å²) in [6, 6.07) is 0. The predicted molar refractivity (Wildman–Crippen MR) is 438 cm³/mol. The second kappa shape index (κ2) is 82.6. The first-order valence-corrected chi connectivity index (χ1v) is 44.5. The van der Waals surface area contributed by atoms with Crippen molar-refractivity contribution in [1.82, 2.24) is 0 Å². The quantitative estimate of drug-likeness (QED) is 0.0211. The number of hydrogen-bond donors (Lipinski definition) is 1. The highest BCUT2D eigenvalue weighted by Gasteiger charge is 2.25. The highest BCUT2D eigenvalue weighted by Crippen LogP contribution is 2.21. The number of esters is 2. The average molecular weight is 1420 g/mol. The number of carbonyl (C=O) groups is 3. The molecule has 0 aliphatic rings. The number of aliphatic carboxylic acids is 1. The van der Waals surface area contributed by atoms with Gasteiger partial charge in [-0.3, -0.25) is 9.59 Å². The van der Waals surface area contributed by atoms with Crippen LogP contribution >= 0.6 is 0 Å². The lowest BCUT2D eigenvalue weighted by Crippen LogP contribution is -2.40. The first-order valence-electron chi connectivity index (χ1n) is 44.5. The van der Waals surface area contributed by atoms with Gasteiger partial charge < -0.3 is 28.5 Å². The van der Waals surface area contributed by atoms with E-state index < -0.39 is 18.4 Å². The molecule has 0 fully saturated rings. The van der Waals surface area contributed by atoms with E-state index >= 15 is 0 Å². The number of unbranched alkanes of at least 4 members (excludes halogenated alkanes) is 59. The van der Waals surface area contributed by atoms with Crippen LogP contribution in [-0.4, -0.2) is 87.4 Å². The second-order valence-electron chi connectivity index (χ2n) is 31.5. The van der Waals surface area contributed by atoms with Crippen LogP contribution in [0.25, 0.3) is 0 Å². The molecule has 2 atom stereocenters. The van der Waals surface area contributed by atoms with Gasteiger partial charge in [0.2, 0.25) is 0 Å². The molecule has 0 aromatic rings. The van der Waals surface area contributed by atoms with E-state index in [4.69, 9.17) is 18.9 Å². The molecule has 0 rings (SSSR count). The van der Waals surface area contributed by atoms with Crippen LogP contribution in [0.2, 0.25) is 0 Å². The van der Waals surface area contributed by atoms with Crippen molar-refractivity contribution in [2.24, 2.45) is 0 Å². The molecule has 9 heteroatoms. The lowest BCUT2D eigenvalue weighted by atomic mass is 10.0. The van der Waals surface area contributed by atoms with E-state index in [1.807, 2.05) is 21.1 Å². The standard InChI is InChI=1S/C92H171NO8/c1-6-8-10-12-14-16-18-20-22-24-26-28-30-32-34-36-38-40-42-43-44-45-46-47-49-51-53-55-57-59-61-63-65-67-69-71-73-75-77-79-81-83-90(95)101-88(87-100-92(91(96)97)98-85-84-93(3,4)5)86-99-89(94)82-80-78-76-74-72-70-68-66-64-62-60-58-56-54-52-50-48-41-39-37-35-33-31-29-27-25-23-21-19-17-15-13-11-9-7-2/h8,10,14,16,20,22,25-28,88,92H,6-7,9,11-13,15,17-19,21,23-24,29-87H2,1-5H3/p+1/b10-8-,16-14-,22-20-,27-25-,28-26-. The van der Waals surface area contributed by atoms with Gasteiger partial charge in [-0.05, 0) is 77.0 Å². The van der Waals surface area contributed by atoms with Crippen molar-refractivity contribution in [1.29, 1.82) is 0 Å². The maximum atomic E-state index is 13.0. The fourth-order valence-electron chi connectivity index (χ4n) is 13.5. The molecular formula is C92H172NO8+. The fraction of sp³-hybridized carbons (Fsp3) is 0.859. The minimum atomic E-state index is -1.51. The Hall–Kier alpha value is -3.01. The summed E-state index contributed by atoms with van der Waals surface area (Å²) in [5.74, 6) is -1.97. The van der Waals surface area contributed by atoms with Crippen LogP contribution in [0.4, 0.5) is 0 Å². The lowest BCUT2D eigenvalue weighted by molar-refractivity contribution is -0.870. The molecular weight excluding hydrogens is 1250 g/mol. The molecule has 0 spiro atoms. The van der Waals surface area contributed by atoms with Crippen molar-refractivity contribution >= 4 is 17.9 Å². The van der Waals surface area contributed by atoms with E-state index in [0.717, 1.165) is 64.2 Å². The monoisotopic (exact) mass is 1420 g/mol. The molecule has 9 nitrogen and oxygen atoms in total. The molecule has 0 heterocycles. The van der Waals surface area contributed by atoms with Gasteiger partial charge in [0, 0.05) is 12.8 Å². The third kappa shape index (κ3) is 84.1. The summed E-state index contributed by atoms with van der Waals surface area (Å²) in [7, 11) is 6.00. The molecule has 0 saturated carbocycles. The summed E-state index contributed by atoms with van der Waals surface area (Å²) in [5, 5.41) is 9.79. The van der Waals surface area contributed by atoms with Crippen molar-refractivity contribution in [3.05, 3.63) is 60.8 Å². The van der Waals surface area contributed by atoms with Crippen LogP contribution in [0.3, 0.4) is 0 Å². The van der Waals surface area contributed by atoms with E-state index in [1.54, 1.807) is 0 Å². The molecule has 592 valence electrons. The number of hydrogen-bond acceptors (Lipinski definition) is 7. The summed E-state index contributed by atoms with van der Waals surface area (Å²) >= 11 is 0. The maximum absolute atomic E-state index is 13.0. The van der Waals surface area contributed by atoms with Crippen molar-refractivity contribution < 1.29 is 42.9 Å². The summed E-state index contributed by atoms with van der Waals surface area (Å²) < 4.78 is 23.1. The molecule has 0 aliphatic carbocycles. The molecule has 0 aromatic heterocycles. The van der Waals surface area contributed by atoms with Crippen molar-refractivity contribution in [3.63, 3.8) is 0 Å². The van der Waals surface area contributed by atoms with Crippen molar-refractivity contribution in [2.45, 2.75) is 463 Å². The van der Waals surface area contributed by atoms with Crippen LogP contribution in [-0.2, 0) is 33.3 Å². The molecule has 0 bridgehead atoms. The van der Waals surface area contributed by atoms with Gasteiger partial charge in [0.05, 0.1) is 34.4 Å². The zero-order chi connectivity index (χ0) is 73.2. The van der Waals surface area contributed by atoms with Crippen LogP contribution < -0.4 is 0 Å². The van der Waals surface area contributed by atoms with Crippen molar-refractivity contribution in [2.75, 3.05) is 47.5 Å². The number of carboxylic acids is 1. The Bertz CT molecular complexity index is 1850. The average Bonchev–Trinajstić information content (AvgIpc) is 1.21. The Morgan fingerprint density at radius 2 is 0.564 bits per heavy atom. The number of nitrogens with zero attached hydrogens (tertiary/aromatic N) is 1. The smallest absolute Gasteiger partial charge is 0.361 e. The van der Waals surface area contributed by atoms with E-state index in [1.165, 1.54) is 360 Å². The zero-order valence-corrected chi connectivity index (χ0v) is 68.1. The van der Waals surface area contributed by atoms with Gasteiger partial charge in [-0.15, -0.1) is 0 Å². The lowest BCUT2D eigenvalue weighted by Gasteiger charge is -2.25. The topological polar surface area (TPSA) is 108 Å². The third-order valence-electron chi connectivity index (χ3n) is 20.3. The number of likely N-dealkylation sites (N-methyl/N-ethyl adjacent to an activating group) is 1. The minimum absolute atomic E-state index is 0.175. The first kappa shape index (κ1) is 98.0. The van der Waals surface area contributed by atoms with Gasteiger partial charge in [0.15, 0.2) is 6.10 Å². The predicted octanol–water partition coefficient (Wildman–Crippen LogP) is 28.9. The number of ether oxygens (including phenoxy) is 4. The SMILES string of the molecule is CC/C=C\C/C=C\C/C=C\C/C=C\CCCCCCCCCCCCCCCCCCCCCCCCCCCCCCC(=O)OC(COC(=O)CCCCCCCCCCCCCCCCCCCCCCCCC/C=C\CCCCCCCCCC)COC(OCC[N+](C)(C)C)C(=O)O. The number of carboxylic acid groups (broad SMARTS) is 1. The molecule has 1 N–H and O–H groups in total. The normalized spacial score (nSPS) is 12.8. The van der Waals surface area contributed by atoms with E-state index in [9.17, 15) is 19.5 Å². The van der Waals surface area contributed by atoms with Gasteiger partial charge in [-0.25, -0.2) is 4.79 Å². The van der Waals surface area contributed by atoms with Crippen LogP contribution in [0.1, 0.15) is 450 Å². The summed E-state index contributed by atoms with van der Waals surface area (Å²) in [6.07, 6.45) is 109. The molecule has 0 saturated heterocycles. The second-order valence-corrected chi connectivity index (χ2v) is 31.5. The van der Waals surface area contributed by atoms with Crippen LogP contribution in [0.15, 0.2) is 60.8 Å².